The summed E-state index contributed by atoms with van der Waals surface area (Å²) in [6.07, 6.45) is 1.37. The molecule has 2 rings (SSSR count). The third kappa shape index (κ3) is 4.59. The van der Waals surface area contributed by atoms with Gasteiger partial charge in [0.2, 0.25) is 10.0 Å². The maximum atomic E-state index is 12.5. The van der Waals surface area contributed by atoms with E-state index in [1.807, 2.05) is 6.07 Å². The van der Waals surface area contributed by atoms with E-state index in [9.17, 15) is 8.42 Å². The van der Waals surface area contributed by atoms with Gasteiger partial charge >= 0.3 is 0 Å². The number of likely N-dealkylation sites (tertiary alicyclic amines) is 1. The Balaban J connectivity index is 1.99. The fraction of sp³-hybridized carbons (Fsp3) is 0.625. The number of hydrogen-bond donors (Lipinski definition) is 1. The second-order valence-electron chi connectivity index (χ2n) is 5.68. The molecule has 0 amide bonds. The lowest BCUT2D eigenvalue weighted by atomic mass is 10.1. The highest BCUT2D eigenvalue weighted by Gasteiger charge is 2.29. The summed E-state index contributed by atoms with van der Waals surface area (Å²) in [5.74, 6) is 1.30. The topological polar surface area (TPSA) is 67.9 Å². The molecule has 1 aromatic carbocycles. The first-order valence-electron chi connectivity index (χ1n) is 7.92. The van der Waals surface area contributed by atoms with Crippen LogP contribution in [0.3, 0.4) is 0 Å². The molecule has 1 aliphatic heterocycles. The van der Waals surface area contributed by atoms with Gasteiger partial charge in [-0.3, -0.25) is 0 Å². The van der Waals surface area contributed by atoms with Gasteiger partial charge in [-0.1, -0.05) is 13.0 Å². The second kappa shape index (κ2) is 7.99. The summed E-state index contributed by atoms with van der Waals surface area (Å²) in [7, 11) is -0.171. The number of piperidine rings is 1. The third-order valence-electron chi connectivity index (χ3n) is 4.38. The van der Waals surface area contributed by atoms with E-state index in [1.165, 1.54) is 0 Å². The molecule has 6 nitrogen and oxygen atoms in total. The molecule has 7 heteroatoms. The summed E-state index contributed by atoms with van der Waals surface area (Å²) in [6.45, 7) is 4.98. The van der Waals surface area contributed by atoms with Crippen LogP contribution in [-0.2, 0) is 16.6 Å². The monoisotopic (exact) mass is 342 g/mol. The lowest BCUT2D eigenvalue weighted by Crippen LogP contribution is -2.43. The number of methoxy groups -OCH3 is 2. The van der Waals surface area contributed by atoms with Crippen molar-refractivity contribution in [2.75, 3.05) is 33.9 Å². The SMILES string of the molecule is CCN1CCC(S(=O)(=O)NCc2ccc(OC)cc2OC)CC1. The van der Waals surface area contributed by atoms with Crippen LogP contribution < -0.4 is 14.2 Å². The molecule has 0 spiro atoms. The summed E-state index contributed by atoms with van der Waals surface area (Å²) in [4.78, 5) is 2.28. The van der Waals surface area contributed by atoms with Gasteiger partial charge in [-0.2, -0.15) is 0 Å². The summed E-state index contributed by atoms with van der Waals surface area (Å²) >= 11 is 0. The van der Waals surface area contributed by atoms with Crippen molar-refractivity contribution >= 4 is 10.0 Å². The Bertz CT molecular complexity index is 611. The van der Waals surface area contributed by atoms with Crippen molar-refractivity contribution in [3.8, 4) is 11.5 Å². The number of benzene rings is 1. The molecule has 1 aliphatic rings. The number of rotatable bonds is 7. The molecule has 1 N–H and O–H groups in total. The predicted molar refractivity (Wildman–Crippen MR) is 90.4 cm³/mol. The van der Waals surface area contributed by atoms with Gasteiger partial charge in [0.25, 0.3) is 0 Å². The van der Waals surface area contributed by atoms with Crippen molar-refractivity contribution in [2.45, 2.75) is 31.6 Å². The standard InChI is InChI=1S/C16H26N2O4S/c1-4-18-9-7-15(8-10-18)23(19,20)17-12-13-5-6-14(21-2)11-16(13)22-3/h5-6,11,15,17H,4,7-10,12H2,1-3H3. The molecule has 0 saturated carbocycles. The van der Waals surface area contributed by atoms with E-state index in [0.717, 1.165) is 25.2 Å². The lowest BCUT2D eigenvalue weighted by Gasteiger charge is -2.30. The molecular weight excluding hydrogens is 316 g/mol. The van der Waals surface area contributed by atoms with Crippen molar-refractivity contribution in [1.82, 2.24) is 9.62 Å². The highest BCUT2D eigenvalue weighted by Crippen LogP contribution is 2.25. The molecule has 1 fully saturated rings. The van der Waals surface area contributed by atoms with Crippen LogP contribution in [0.15, 0.2) is 18.2 Å². The van der Waals surface area contributed by atoms with E-state index in [-0.39, 0.29) is 11.8 Å². The van der Waals surface area contributed by atoms with Crippen LogP contribution in [0.5, 0.6) is 11.5 Å². The highest BCUT2D eigenvalue weighted by molar-refractivity contribution is 7.90. The van der Waals surface area contributed by atoms with Crippen molar-refractivity contribution in [2.24, 2.45) is 0 Å². The molecule has 1 heterocycles. The van der Waals surface area contributed by atoms with Crippen LogP contribution in [-0.4, -0.2) is 52.4 Å². The van der Waals surface area contributed by atoms with E-state index in [4.69, 9.17) is 9.47 Å². The second-order valence-corrected chi connectivity index (χ2v) is 7.72. The molecule has 0 radical (unpaired) electrons. The predicted octanol–water partition coefficient (Wildman–Crippen LogP) is 1.61. The number of nitrogens with zero attached hydrogens (tertiary/aromatic N) is 1. The Morgan fingerprint density at radius 1 is 1.22 bits per heavy atom. The maximum absolute atomic E-state index is 12.5. The quantitative estimate of drug-likeness (QED) is 0.815. The van der Waals surface area contributed by atoms with Crippen LogP contribution in [0.4, 0.5) is 0 Å². The fourth-order valence-corrected chi connectivity index (χ4v) is 4.25. The normalized spacial score (nSPS) is 17.2. The fourth-order valence-electron chi connectivity index (χ4n) is 2.83. The molecule has 23 heavy (non-hydrogen) atoms. The van der Waals surface area contributed by atoms with Crippen LogP contribution in [0.2, 0.25) is 0 Å². The third-order valence-corrected chi connectivity index (χ3v) is 6.27. The first-order chi connectivity index (χ1) is 11.0. The number of hydrogen-bond acceptors (Lipinski definition) is 5. The van der Waals surface area contributed by atoms with Crippen molar-refractivity contribution < 1.29 is 17.9 Å². The zero-order chi connectivity index (χ0) is 16.9. The first kappa shape index (κ1) is 18.0. The molecule has 1 aromatic rings. The molecule has 130 valence electrons. The van der Waals surface area contributed by atoms with E-state index >= 15 is 0 Å². The minimum atomic E-state index is -3.32. The molecular formula is C16H26N2O4S. The molecule has 0 aromatic heterocycles. The first-order valence-corrected chi connectivity index (χ1v) is 9.46. The summed E-state index contributed by atoms with van der Waals surface area (Å²) < 4.78 is 38.1. The summed E-state index contributed by atoms with van der Waals surface area (Å²) in [5, 5.41) is -0.311. The van der Waals surface area contributed by atoms with Crippen molar-refractivity contribution in [1.29, 1.82) is 0 Å². The summed E-state index contributed by atoms with van der Waals surface area (Å²) in [5.41, 5.74) is 0.794. The minimum absolute atomic E-state index is 0.226. The largest absolute Gasteiger partial charge is 0.497 e. The Morgan fingerprint density at radius 2 is 1.91 bits per heavy atom. The van der Waals surface area contributed by atoms with E-state index < -0.39 is 10.0 Å². The Kier molecular flexibility index (Phi) is 6.26. The van der Waals surface area contributed by atoms with Gasteiger partial charge in [-0.05, 0) is 38.5 Å². The van der Waals surface area contributed by atoms with Gasteiger partial charge in [-0.25, -0.2) is 13.1 Å². The maximum Gasteiger partial charge on any atom is 0.214 e. The van der Waals surface area contributed by atoms with Gasteiger partial charge < -0.3 is 14.4 Å². The van der Waals surface area contributed by atoms with Gasteiger partial charge in [-0.15, -0.1) is 0 Å². The number of sulfonamides is 1. The Labute approximate surface area is 138 Å². The van der Waals surface area contributed by atoms with E-state index in [1.54, 1.807) is 26.4 Å². The number of ether oxygens (including phenoxy) is 2. The Hall–Kier alpha value is -1.31. The average molecular weight is 342 g/mol. The lowest BCUT2D eigenvalue weighted by molar-refractivity contribution is 0.241. The van der Waals surface area contributed by atoms with Crippen LogP contribution in [0.1, 0.15) is 25.3 Å². The molecule has 1 saturated heterocycles. The van der Waals surface area contributed by atoms with Crippen molar-refractivity contribution in [3.05, 3.63) is 23.8 Å². The van der Waals surface area contributed by atoms with Gasteiger partial charge in [0.05, 0.1) is 19.5 Å². The van der Waals surface area contributed by atoms with Crippen molar-refractivity contribution in [3.63, 3.8) is 0 Å². The minimum Gasteiger partial charge on any atom is -0.497 e. The molecule has 0 bridgehead atoms. The van der Waals surface area contributed by atoms with Crippen LogP contribution >= 0.6 is 0 Å². The molecule has 0 unspecified atom stereocenters. The molecule has 0 aliphatic carbocycles. The zero-order valence-corrected chi connectivity index (χ0v) is 14.9. The van der Waals surface area contributed by atoms with E-state index in [2.05, 4.69) is 16.5 Å². The average Bonchev–Trinajstić information content (AvgIpc) is 2.59. The zero-order valence-electron chi connectivity index (χ0n) is 14.0. The van der Waals surface area contributed by atoms with E-state index in [0.29, 0.717) is 24.3 Å². The van der Waals surface area contributed by atoms with Gasteiger partial charge in [0.15, 0.2) is 0 Å². The summed E-state index contributed by atoms with van der Waals surface area (Å²) in [6, 6.07) is 5.37. The van der Waals surface area contributed by atoms with Crippen LogP contribution in [0.25, 0.3) is 0 Å². The van der Waals surface area contributed by atoms with Gasteiger partial charge in [0, 0.05) is 18.2 Å². The van der Waals surface area contributed by atoms with Gasteiger partial charge in [0.1, 0.15) is 11.5 Å². The van der Waals surface area contributed by atoms with Crippen LogP contribution in [0, 0.1) is 0 Å². The number of nitrogens with one attached hydrogen (secondary N) is 1. The smallest absolute Gasteiger partial charge is 0.214 e. The Morgan fingerprint density at radius 3 is 2.48 bits per heavy atom. The highest BCUT2D eigenvalue weighted by atomic mass is 32.2. The molecule has 0 atom stereocenters.